The van der Waals surface area contributed by atoms with Gasteiger partial charge in [-0.05, 0) is 19.3 Å². The molecule has 0 radical (unpaired) electrons. The van der Waals surface area contributed by atoms with Crippen molar-refractivity contribution in [2.45, 2.75) is 18.7 Å². The summed E-state index contributed by atoms with van der Waals surface area (Å²) in [6, 6.07) is 0. The Morgan fingerprint density at radius 3 is 2.43 bits per heavy atom. The summed E-state index contributed by atoms with van der Waals surface area (Å²) in [4.78, 5) is 0. The Morgan fingerprint density at radius 2 is 2.29 bits per heavy atom. The van der Waals surface area contributed by atoms with E-state index in [1.807, 2.05) is 6.92 Å². The van der Waals surface area contributed by atoms with Gasteiger partial charge in [0.25, 0.3) is 0 Å². The van der Waals surface area contributed by atoms with Crippen molar-refractivity contribution in [2.75, 3.05) is 0 Å². The molecule has 2 unspecified atom stereocenters. The molecule has 0 aromatic rings. The summed E-state index contributed by atoms with van der Waals surface area (Å²) in [6.07, 6.45) is 5.41. The van der Waals surface area contributed by atoms with Crippen molar-refractivity contribution in [3.8, 4) is 0 Å². The Kier molecular flexibility index (Phi) is 1.38. The lowest BCUT2D eigenvalue weighted by molar-refractivity contribution is 1.12. The van der Waals surface area contributed by atoms with Crippen LogP contribution in [0.5, 0.6) is 0 Å². The fraction of sp³-hybridized carbons (Fsp3) is 0.667. The van der Waals surface area contributed by atoms with E-state index in [0.29, 0.717) is 11.3 Å². The number of halogens is 1. The molecule has 1 aliphatic rings. The minimum atomic E-state index is 0.455. The number of rotatable bonds is 1. The first kappa shape index (κ1) is 5.17. The van der Waals surface area contributed by atoms with Gasteiger partial charge < -0.3 is 0 Å². The molecule has 2 atom stereocenters. The van der Waals surface area contributed by atoms with Crippen LogP contribution in [0, 0.1) is 5.92 Å². The highest BCUT2D eigenvalue weighted by Crippen LogP contribution is 2.36. The van der Waals surface area contributed by atoms with E-state index in [9.17, 15) is 0 Å². The van der Waals surface area contributed by atoms with E-state index in [-0.39, 0.29) is 0 Å². The van der Waals surface area contributed by atoms with Crippen LogP contribution in [-0.2, 0) is 0 Å². The molecular formula is C6H9Cl. The van der Waals surface area contributed by atoms with E-state index in [1.165, 1.54) is 6.42 Å². The van der Waals surface area contributed by atoms with Crippen molar-refractivity contribution in [1.82, 2.24) is 0 Å². The Bertz CT molecular complexity index is 86.2. The molecule has 0 spiro atoms. The normalized spacial score (nSPS) is 39.7. The molecule has 0 aliphatic heterocycles. The van der Waals surface area contributed by atoms with Gasteiger partial charge in [0, 0.05) is 5.38 Å². The van der Waals surface area contributed by atoms with Gasteiger partial charge >= 0.3 is 0 Å². The van der Waals surface area contributed by atoms with Crippen LogP contribution in [0.15, 0.2) is 12.2 Å². The first-order valence-electron chi connectivity index (χ1n) is 2.61. The molecule has 1 rings (SSSR count). The van der Waals surface area contributed by atoms with Crippen LogP contribution in [-0.4, -0.2) is 5.38 Å². The average Bonchev–Trinajstić information content (AvgIpc) is 2.22. The minimum Gasteiger partial charge on any atom is -0.122 e. The summed E-state index contributed by atoms with van der Waals surface area (Å²) in [7, 11) is 0. The van der Waals surface area contributed by atoms with Crippen molar-refractivity contribution in [2.24, 2.45) is 5.92 Å². The molecule has 0 heterocycles. The molecule has 7 heavy (non-hydrogen) atoms. The van der Waals surface area contributed by atoms with Gasteiger partial charge in [0.15, 0.2) is 0 Å². The predicted octanol–water partition coefficient (Wildman–Crippen LogP) is 2.19. The van der Waals surface area contributed by atoms with Crippen molar-refractivity contribution in [3.05, 3.63) is 12.2 Å². The third-order valence-corrected chi connectivity index (χ3v) is 1.70. The monoisotopic (exact) mass is 116 g/mol. The van der Waals surface area contributed by atoms with Gasteiger partial charge in [-0.2, -0.15) is 0 Å². The van der Waals surface area contributed by atoms with Crippen LogP contribution in [0.3, 0.4) is 0 Å². The smallest absolute Gasteiger partial charge is 0.0405 e. The van der Waals surface area contributed by atoms with Gasteiger partial charge in [-0.15, -0.1) is 11.6 Å². The summed E-state index contributed by atoms with van der Waals surface area (Å²) in [5.74, 6) is 0.701. The van der Waals surface area contributed by atoms with Crippen LogP contribution in [0.1, 0.15) is 13.3 Å². The topological polar surface area (TPSA) is 0 Å². The largest absolute Gasteiger partial charge is 0.122 e. The maximum absolute atomic E-state index is 5.68. The van der Waals surface area contributed by atoms with E-state index in [4.69, 9.17) is 11.6 Å². The van der Waals surface area contributed by atoms with Crippen molar-refractivity contribution >= 4 is 11.6 Å². The summed E-state index contributed by atoms with van der Waals surface area (Å²) in [6.45, 7) is 2.03. The molecule has 0 amide bonds. The number of hydrogen-bond acceptors (Lipinski definition) is 0. The maximum atomic E-state index is 5.68. The summed E-state index contributed by atoms with van der Waals surface area (Å²) in [5, 5.41) is 0.455. The number of alkyl halides is 1. The molecular weight excluding hydrogens is 108 g/mol. The maximum Gasteiger partial charge on any atom is 0.0405 e. The molecule has 40 valence electrons. The number of allylic oxidation sites excluding steroid dienone is 2. The first-order valence-corrected chi connectivity index (χ1v) is 3.05. The quantitative estimate of drug-likeness (QED) is 0.364. The Labute approximate surface area is 49.2 Å². The average molecular weight is 117 g/mol. The second-order valence-corrected chi connectivity index (χ2v) is 2.50. The lowest BCUT2D eigenvalue weighted by Gasteiger charge is -1.74. The van der Waals surface area contributed by atoms with Crippen LogP contribution in [0.25, 0.3) is 0 Å². The van der Waals surface area contributed by atoms with E-state index in [2.05, 4.69) is 12.2 Å². The zero-order chi connectivity index (χ0) is 5.28. The third kappa shape index (κ3) is 1.20. The van der Waals surface area contributed by atoms with Gasteiger partial charge in [0.1, 0.15) is 0 Å². The highest BCUT2D eigenvalue weighted by atomic mass is 35.5. The fourth-order valence-corrected chi connectivity index (χ4v) is 0.917. The Balaban J connectivity index is 2.21. The van der Waals surface area contributed by atoms with Crippen molar-refractivity contribution in [1.29, 1.82) is 0 Å². The van der Waals surface area contributed by atoms with E-state index >= 15 is 0 Å². The molecule has 1 aliphatic carbocycles. The van der Waals surface area contributed by atoms with E-state index < -0.39 is 0 Å². The molecule has 0 nitrogen and oxygen atoms in total. The van der Waals surface area contributed by atoms with Crippen molar-refractivity contribution < 1.29 is 0 Å². The molecule has 0 aromatic heterocycles. The zero-order valence-corrected chi connectivity index (χ0v) is 5.15. The van der Waals surface area contributed by atoms with Crippen LogP contribution < -0.4 is 0 Å². The second kappa shape index (κ2) is 1.87. The van der Waals surface area contributed by atoms with E-state index in [1.54, 1.807) is 0 Å². The highest BCUT2D eigenvalue weighted by Gasteiger charge is 2.31. The van der Waals surface area contributed by atoms with Gasteiger partial charge in [0.05, 0.1) is 0 Å². The zero-order valence-electron chi connectivity index (χ0n) is 4.39. The predicted molar refractivity (Wildman–Crippen MR) is 32.6 cm³/mol. The third-order valence-electron chi connectivity index (χ3n) is 1.20. The first-order chi connectivity index (χ1) is 3.34. The molecule has 0 aromatic carbocycles. The van der Waals surface area contributed by atoms with Gasteiger partial charge in [-0.25, -0.2) is 0 Å². The molecule has 0 N–H and O–H groups in total. The van der Waals surface area contributed by atoms with Crippen molar-refractivity contribution in [3.63, 3.8) is 0 Å². The molecule has 1 saturated carbocycles. The standard InChI is InChI=1S/C6H9Cl/c1-2-3-5-4-6(5)7/h2-3,5-6H,4H2,1H3/b3-2+. The van der Waals surface area contributed by atoms with E-state index in [0.717, 1.165) is 0 Å². The van der Waals surface area contributed by atoms with Crippen LogP contribution in [0.2, 0.25) is 0 Å². The summed E-state index contributed by atoms with van der Waals surface area (Å²) >= 11 is 5.68. The fourth-order valence-electron chi connectivity index (χ4n) is 0.628. The Morgan fingerprint density at radius 1 is 1.71 bits per heavy atom. The lowest BCUT2D eigenvalue weighted by atomic mass is 10.4. The highest BCUT2D eigenvalue weighted by molar-refractivity contribution is 6.22. The Hall–Kier alpha value is 0.0300. The molecule has 0 bridgehead atoms. The van der Waals surface area contributed by atoms with Gasteiger partial charge in [-0.1, -0.05) is 12.2 Å². The molecule has 1 fully saturated rings. The molecule has 0 saturated heterocycles. The van der Waals surface area contributed by atoms with Gasteiger partial charge in [0.2, 0.25) is 0 Å². The van der Waals surface area contributed by atoms with Crippen LogP contribution in [0.4, 0.5) is 0 Å². The SMILES string of the molecule is C/C=C/C1CC1Cl. The number of hydrogen-bond donors (Lipinski definition) is 0. The minimum absolute atomic E-state index is 0.455. The van der Waals surface area contributed by atoms with Crippen LogP contribution >= 0.6 is 11.6 Å². The second-order valence-electron chi connectivity index (χ2n) is 1.94. The lowest BCUT2D eigenvalue weighted by Crippen LogP contribution is -1.67. The summed E-state index contributed by atoms with van der Waals surface area (Å²) in [5.41, 5.74) is 0. The summed E-state index contributed by atoms with van der Waals surface area (Å²) < 4.78 is 0. The molecule has 1 heteroatoms. The van der Waals surface area contributed by atoms with Gasteiger partial charge in [-0.3, -0.25) is 0 Å².